The third kappa shape index (κ3) is 2.94. The minimum Gasteiger partial charge on any atom is -0.459 e. The average Bonchev–Trinajstić information content (AvgIpc) is 3.12. The normalized spacial score (nSPS) is 16.6. The smallest absolute Gasteiger partial charge is 0.134 e. The van der Waals surface area contributed by atoms with Gasteiger partial charge in [-0.3, -0.25) is 0 Å². The Hall–Kier alpha value is -1.58. The van der Waals surface area contributed by atoms with Gasteiger partial charge in [-0.15, -0.1) is 0 Å². The van der Waals surface area contributed by atoms with Crippen LogP contribution in [-0.4, -0.2) is 13.1 Å². The number of benzene rings is 1. The van der Waals surface area contributed by atoms with Gasteiger partial charge in [0.1, 0.15) is 11.3 Å². The molecule has 1 atom stereocenters. The Morgan fingerprint density at radius 3 is 2.95 bits per heavy atom. The molecule has 0 bridgehead atoms. The first-order valence-electron chi connectivity index (χ1n) is 7.46. The summed E-state index contributed by atoms with van der Waals surface area (Å²) in [6, 6.07) is 10.3. The molecule has 3 nitrogen and oxygen atoms in total. The molecule has 2 aromatic rings. The molecule has 3 N–H and O–H groups in total. The SMILES string of the molecule is NCC(NCCC1=CCCC1)c1cc2ccccc2o1. The molecule has 1 unspecified atom stereocenters. The predicted octanol–water partition coefficient (Wildman–Crippen LogP) is 3.52. The van der Waals surface area contributed by atoms with E-state index in [1.807, 2.05) is 18.2 Å². The van der Waals surface area contributed by atoms with Crippen molar-refractivity contribution in [2.45, 2.75) is 31.7 Å². The molecule has 0 aliphatic heterocycles. The van der Waals surface area contributed by atoms with Crippen LogP contribution in [0.25, 0.3) is 11.0 Å². The summed E-state index contributed by atoms with van der Waals surface area (Å²) in [6.45, 7) is 1.52. The molecule has 3 rings (SSSR count). The fourth-order valence-electron chi connectivity index (χ4n) is 2.85. The lowest BCUT2D eigenvalue weighted by Gasteiger charge is -2.14. The molecule has 1 aliphatic carbocycles. The lowest BCUT2D eigenvalue weighted by Crippen LogP contribution is -2.28. The van der Waals surface area contributed by atoms with E-state index in [1.54, 1.807) is 5.57 Å². The van der Waals surface area contributed by atoms with Crippen molar-refractivity contribution in [3.63, 3.8) is 0 Å². The highest BCUT2D eigenvalue weighted by Crippen LogP contribution is 2.24. The van der Waals surface area contributed by atoms with Gasteiger partial charge >= 0.3 is 0 Å². The highest BCUT2D eigenvalue weighted by atomic mass is 16.3. The fourth-order valence-corrected chi connectivity index (χ4v) is 2.85. The molecule has 1 aromatic carbocycles. The highest BCUT2D eigenvalue weighted by molar-refractivity contribution is 5.77. The van der Waals surface area contributed by atoms with Crippen LogP contribution in [0.15, 0.2) is 46.4 Å². The van der Waals surface area contributed by atoms with Gasteiger partial charge in [0.15, 0.2) is 0 Å². The summed E-state index contributed by atoms with van der Waals surface area (Å²) in [6.07, 6.45) is 7.33. The van der Waals surface area contributed by atoms with Crippen molar-refractivity contribution in [2.75, 3.05) is 13.1 Å². The van der Waals surface area contributed by atoms with Crippen LogP contribution in [0.5, 0.6) is 0 Å². The molecular formula is C17H22N2O. The van der Waals surface area contributed by atoms with Gasteiger partial charge in [-0.2, -0.15) is 0 Å². The number of fused-ring (bicyclic) bond motifs is 1. The fraction of sp³-hybridized carbons (Fsp3) is 0.412. The summed E-state index contributed by atoms with van der Waals surface area (Å²) in [4.78, 5) is 0. The van der Waals surface area contributed by atoms with Crippen LogP contribution in [0.3, 0.4) is 0 Å². The van der Waals surface area contributed by atoms with E-state index in [2.05, 4.69) is 23.5 Å². The summed E-state index contributed by atoms with van der Waals surface area (Å²) in [5, 5.41) is 4.65. The first-order valence-corrected chi connectivity index (χ1v) is 7.46. The second-order valence-electron chi connectivity index (χ2n) is 5.43. The zero-order valence-electron chi connectivity index (χ0n) is 11.8. The van der Waals surface area contributed by atoms with Crippen LogP contribution < -0.4 is 11.1 Å². The second-order valence-corrected chi connectivity index (χ2v) is 5.43. The number of rotatable bonds is 6. The van der Waals surface area contributed by atoms with E-state index in [0.717, 1.165) is 29.7 Å². The van der Waals surface area contributed by atoms with Crippen molar-refractivity contribution < 1.29 is 4.42 Å². The number of furan rings is 1. The van der Waals surface area contributed by atoms with Crippen molar-refractivity contribution >= 4 is 11.0 Å². The molecule has 3 heteroatoms. The summed E-state index contributed by atoms with van der Waals surface area (Å²) >= 11 is 0. The van der Waals surface area contributed by atoms with Gasteiger partial charge < -0.3 is 15.5 Å². The van der Waals surface area contributed by atoms with Crippen LogP contribution in [-0.2, 0) is 0 Å². The first kappa shape index (κ1) is 13.4. The van der Waals surface area contributed by atoms with Crippen molar-refractivity contribution in [3.8, 4) is 0 Å². The molecule has 20 heavy (non-hydrogen) atoms. The van der Waals surface area contributed by atoms with Crippen LogP contribution in [0, 0.1) is 0 Å². The van der Waals surface area contributed by atoms with E-state index < -0.39 is 0 Å². The molecular weight excluding hydrogens is 248 g/mol. The Bertz CT molecular complexity index is 567. The van der Waals surface area contributed by atoms with Crippen molar-refractivity contribution in [1.29, 1.82) is 0 Å². The van der Waals surface area contributed by atoms with E-state index in [0.29, 0.717) is 6.54 Å². The Kier molecular flexibility index (Phi) is 4.19. The quantitative estimate of drug-likeness (QED) is 0.790. The van der Waals surface area contributed by atoms with Gasteiger partial charge in [0.2, 0.25) is 0 Å². The predicted molar refractivity (Wildman–Crippen MR) is 82.6 cm³/mol. The number of hydrogen-bond donors (Lipinski definition) is 2. The number of allylic oxidation sites excluding steroid dienone is 1. The van der Waals surface area contributed by atoms with Crippen molar-refractivity contribution in [2.24, 2.45) is 5.73 Å². The van der Waals surface area contributed by atoms with Gasteiger partial charge in [-0.25, -0.2) is 0 Å². The third-order valence-electron chi connectivity index (χ3n) is 4.00. The molecule has 0 saturated carbocycles. The van der Waals surface area contributed by atoms with Gasteiger partial charge in [0.05, 0.1) is 6.04 Å². The van der Waals surface area contributed by atoms with E-state index in [9.17, 15) is 0 Å². The van der Waals surface area contributed by atoms with Crippen molar-refractivity contribution in [1.82, 2.24) is 5.32 Å². The van der Waals surface area contributed by atoms with Gasteiger partial charge in [0, 0.05) is 11.9 Å². The van der Waals surface area contributed by atoms with E-state index in [-0.39, 0.29) is 6.04 Å². The Labute approximate surface area is 119 Å². The number of nitrogens with one attached hydrogen (secondary N) is 1. The maximum absolute atomic E-state index is 5.89. The Morgan fingerprint density at radius 1 is 1.30 bits per heavy atom. The van der Waals surface area contributed by atoms with Gasteiger partial charge in [-0.05, 0) is 44.4 Å². The topological polar surface area (TPSA) is 51.2 Å². The molecule has 0 spiro atoms. The van der Waals surface area contributed by atoms with Gasteiger partial charge in [-0.1, -0.05) is 29.8 Å². The minimum absolute atomic E-state index is 0.101. The van der Waals surface area contributed by atoms with Gasteiger partial charge in [0.25, 0.3) is 0 Å². The Morgan fingerprint density at radius 2 is 2.20 bits per heavy atom. The number of nitrogens with two attached hydrogens (primary N) is 1. The summed E-state index contributed by atoms with van der Waals surface area (Å²) in [7, 11) is 0. The van der Waals surface area contributed by atoms with E-state index in [4.69, 9.17) is 10.2 Å². The zero-order chi connectivity index (χ0) is 13.8. The first-order chi connectivity index (χ1) is 9.86. The zero-order valence-corrected chi connectivity index (χ0v) is 11.8. The summed E-state index contributed by atoms with van der Waals surface area (Å²) in [5.74, 6) is 0.939. The molecule has 0 fully saturated rings. The maximum Gasteiger partial charge on any atom is 0.134 e. The molecule has 0 amide bonds. The Balaban J connectivity index is 1.63. The molecule has 0 saturated heterocycles. The standard InChI is InChI=1S/C17H22N2O/c18-12-15(19-10-9-13-5-1-2-6-13)17-11-14-7-3-4-8-16(14)20-17/h3-5,7-8,11,15,19H,1-2,6,9-10,12,18H2. The van der Waals surface area contributed by atoms with Crippen LogP contribution >= 0.6 is 0 Å². The highest BCUT2D eigenvalue weighted by Gasteiger charge is 2.14. The average molecular weight is 270 g/mol. The minimum atomic E-state index is 0.101. The van der Waals surface area contributed by atoms with E-state index >= 15 is 0 Å². The monoisotopic (exact) mass is 270 g/mol. The molecule has 1 aromatic heterocycles. The maximum atomic E-state index is 5.89. The van der Waals surface area contributed by atoms with Crippen LogP contribution in [0.4, 0.5) is 0 Å². The lowest BCUT2D eigenvalue weighted by molar-refractivity contribution is 0.436. The summed E-state index contributed by atoms with van der Waals surface area (Å²) < 4.78 is 5.89. The van der Waals surface area contributed by atoms with Crippen LogP contribution in [0.2, 0.25) is 0 Å². The third-order valence-corrected chi connectivity index (χ3v) is 4.00. The summed E-state index contributed by atoms with van der Waals surface area (Å²) in [5.41, 5.74) is 8.40. The molecule has 0 radical (unpaired) electrons. The number of hydrogen-bond acceptors (Lipinski definition) is 3. The molecule has 1 aliphatic rings. The molecule has 1 heterocycles. The van der Waals surface area contributed by atoms with Crippen LogP contribution in [0.1, 0.15) is 37.5 Å². The lowest BCUT2D eigenvalue weighted by atomic mass is 10.1. The molecule has 106 valence electrons. The second kappa shape index (κ2) is 6.25. The largest absolute Gasteiger partial charge is 0.459 e. The number of para-hydroxylation sites is 1. The van der Waals surface area contributed by atoms with Crippen molar-refractivity contribution in [3.05, 3.63) is 47.7 Å². The van der Waals surface area contributed by atoms with E-state index in [1.165, 1.54) is 19.3 Å².